The van der Waals surface area contributed by atoms with Crippen LogP contribution in [0.2, 0.25) is 0 Å². The smallest absolute Gasteiger partial charge is 0.106 e. The van der Waals surface area contributed by atoms with E-state index < -0.39 is 0 Å². The number of halogens is 1. The van der Waals surface area contributed by atoms with E-state index >= 15 is 0 Å². The number of allylic oxidation sites excluding steroid dienone is 1. The summed E-state index contributed by atoms with van der Waals surface area (Å²) in [4.78, 5) is 0. The minimum absolute atomic E-state index is 0.161. The summed E-state index contributed by atoms with van der Waals surface area (Å²) in [5.41, 5.74) is 1.50. The van der Waals surface area contributed by atoms with Gasteiger partial charge in [-0.15, -0.1) is 11.8 Å². The van der Waals surface area contributed by atoms with Gasteiger partial charge in [-0.25, -0.2) is 0 Å². The van der Waals surface area contributed by atoms with Crippen LogP contribution in [0.1, 0.15) is 19.3 Å². The van der Waals surface area contributed by atoms with Crippen LogP contribution in [-0.2, 0) is 0 Å². The van der Waals surface area contributed by atoms with Crippen molar-refractivity contribution in [3.8, 4) is 6.07 Å². The normalized spacial score (nSPS) is 30.9. The van der Waals surface area contributed by atoms with Gasteiger partial charge in [0.05, 0.1) is 6.07 Å². The Morgan fingerprint density at radius 1 is 1.73 bits per heavy atom. The molecule has 1 atom stereocenters. The van der Waals surface area contributed by atoms with Crippen molar-refractivity contribution in [1.82, 2.24) is 0 Å². The largest absolute Gasteiger partial charge is 0.197 e. The molecule has 1 rings (SSSR count). The average Bonchev–Trinajstić information content (AvgIpc) is 2.50. The molecule has 0 radical (unpaired) electrons. The van der Waals surface area contributed by atoms with Gasteiger partial charge >= 0.3 is 0 Å². The maximum Gasteiger partial charge on any atom is 0.106 e. The zero-order valence-electron chi connectivity index (χ0n) is 6.22. The first-order chi connectivity index (χ1) is 5.33. The van der Waals surface area contributed by atoms with Crippen molar-refractivity contribution in [2.75, 3.05) is 5.75 Å². The van der Waals surface area contributed by atoms with Crippen LogP contribution in [0.3, 0.4) is 0 Å². The highest BCUT2D eigenvalue weighted by atomic mass is 35.5. The standard InChI is InChI=1S/C8H10ClNS/c9-5-1-3-8(7-10)4-2-6-11-8/h1,5H,2-4,6H2/b5-1+. The molecular formula is C8H10ClNS. The van der Waals surface area contributed by atoms with Crippen LogP contribution < -0.4 is 0 Å². The predicted octanol–water partition coefficient (Wildman–Crippen LogP) is 2.92. The first-order valence-corrected chi connectivity index (χ1v) is 5.06. The molecule has 60 valence electrons. The molecule has 0 saturated carbocycles. The van der Waals surface area contributed by atoms with Crippen LogP contribution in [0.4, 0.5) is 0 Å². The Bertz CT molecular complexity index is 189. The van der Waals surface area contributed by atoms with Gasteiger partial charge < -0.3 is 0 Å². The van der Waals surface area contributed by atoms with Crippen LogP contribution in [0.5, 0.6) is 0 Å². The summed E-state index contributed by atoms with van der Waals surface area (Å²) in [6, 6.07) is 2.37. The van der Waals surface area contributed by atoms with E-state index in [4.69, 9.17) is 16.9 Å². The Labute approximate surface area is 76.4 Å². The zero-order chi connectivity index (χ0) is 8.16. The third-order valence-electron chi connectivity index (χ3n) is 1.84. The maximum atomic E-state index is 8.90. The number of thioether (sulfide) groups is 1. The fraction of sp³-hybridized carbons (Fsp3) is 0.625. The molecule has 3 heteroatoms. The van der Waals surface area contributed by atoms with Crippen LogP contribution in [0, 0.1) is 11.3 Å². The fourth-order valence-electron chi connectivity index (χ4n) is 1.23. The van der Waals surface area contributed by atoms with E-state index in [1.807, 2.05) is 6.08 Å². The van der Waals surface area contributed by atoms with Gasteiger partial charge in [-0.3, -0.25) is 0 Å². The molecule has 1 aliphatic rings. The quantitative estimate of drug-likeness (QED) is 0.664. The molecule has 0 bridgehead atoms. The van der Waals surface area contributed by atoms with E-state index in [2.05, 4.69) is 6.07 Å². The number of hydrogen-bond acceptors (Lipinski definition) is 2. The second-order valence-electron chi connectivity index (χ2n) is 2.62. The van der Waals surface area contributed by atoms with Gasteiger partial charge in [0.15, 0.2) is 0 Å². The van der Waals surface area contributed by atoms with Crippen molar-refractivity contribution >= 4 is 23.4 Å². The number of nitriles is 1. The monoisotopic (exact) mass is 187 g/mol. The third kappa shape index (κ3) is 2.15. The highest BCUT2D eigenvalue weighted by Gasteiger charge is 2.33. The van der Waals surface area contributed by atoms with E-state index in [0.29, 0.717) is 0 Å². The van der Waals surface area contributed by atoms with Gasteiger partial charge in [-0.1, -0.05) is 17.7 Å². The molecule has 1 fully saturated rings. The summed E-state index contributed by atoms with van der Waals surface area (Å²) >= 11 is 7.16. The summed E-state index contributed by atoms with van der Waals surface area (Å²) in [7, 11) is 0. The second kappa shape index (κ2) is 4.04. The van der Waals surface area contributed by atoms with Gasteiger partial charge in [-0.2, -0.15) is 5.26 Å². The predicted molar refractivity (Wildman–Crippen MR) is 49.6 cm³/mol. The minimum atomic E-state index is -0.161. The van der Waals surface area contributed by atoms with Crippen molar-refractivity contribution in [2.45, 2.75) is 24.0 Å². The van der Waals surface area contributed by atoms with Gasteiger partial charge in [0.25, 0.3) is 0 Å². The van der Waals surface area contributed by atoms with Gasteiger partial charge in [0, 0.05) is 5.54 Å². The lowest BCUT2D eigenvalue weighted by Gasteiger charge is -2.15. The Morgan fingerprint density at radius 3 is 3.00 bits per heavy atom. The van der Waals surface area contributed by atoms with E-state index in [1.165, 1.54) is 5.54 Å². The van der Waals surface area contributed by atoms with Crippen LogP contribution in [0.15, 0.2) is 11.6 Å². The van der Waals surface area contributed by atoms with E-state index in [-0.39, 0.29) is 4.75 Å². The lowest BCUT2D eigenvalue weighted by molar-refractivity contribution is 0.685. The summed E-state index contributed by atoms with van der Waals surface area (Å²) in [6.07, 6.45) is 4.82. The molecule has 0 aromatic carbocycles. The van der Waals surface area contributed by atoms with Gasteiger partial charge in [0.1, 0.15) is 4.75 Å². The summed E-state index contributed by atoms with van der Waals surface area (Å²) in [6.45, 7) is 0. The summed E-state index contributed by atoms with van der Waals surface area (Å²) in [5, 5.41) is 8.90. The molecule has 0 aliphatic carbocycles. The Kier molecular flexibility index (Phi) is 3.29. The molecule has 1 aliphatic heterocycles. The molecule has 1 heterocycles. The highest BCUT2D eigenvalue weighted by Crippen LogP contribution is 2.40. The summed E-state index contributed by atoms with van der Waals surface area (Å²) in [5.74, 6) is 1.11. The van der Waals surface area contributed by atoms with Crippen molar-refractivity contribution < 1.29 is 0 Å². The second-order valence-corrected chi connectivity index (χ2v) is 4.35. The lowest BCUT2D eigenvalue weighted by Crippen LogP contribution is -2.16. The van der Waals surface area contributed by atoms with E-state index in [1.54, 1.807) is 11.8 Å². The molecule has 0 amide bonds. The molecule has 0 spiro atoms. The topological polar surface area (TPSA) is 23.8 Å². The van der Waals surface area contributed by atoms with Gasteiger partial charge in [-0.05, 0) is 25.0 Å². The van der Waals surface area contributed by atoms with Gasteiger partial charge in [0.2, 0.25) is 0 Å². The molecule has 1 nitrogen and oxygen atoms in total. The number of hydrogen-bond donors (Lipinski definition) is 0. The minimum Gasteiger partial charge on any atom is -0.197 e. The molecule has 0 aromatic heterocycles. The van der Waals surface area contributed by atoms with Crippen molar-refractivity contribution in [1.29, 1.82) is 5.26 Å². The van der Waals surface area contributed by atoms with Crippen molar-refractivity contribution in [3.05, 3.63) is 11.6 Å². The first-order valence-electron chi connectivity index (χ1n) is 3.63. The number of rotatable bonds is 2. The van der Waals surface area contributed by atoms with Crippen LogP contribution >= 0.6 is 23.4 Å². The van der Waals surface area contributed by atoms with Crippen LogP contribution in [-0.4, -0.2) is 10.5 Å². The summed E-state index contributed by atoms with van der Waals surface area (Å²) < 4.78 is -0.161. The maximum absolute atomic E-state index is 8.90. The molecule has 0 aromatic rings. The SMILES string of the molecule is N#CC1(C/C=C/Cl)CCCS1. The molecular weight excluding hydrogens is 178 g/mol. The first kappa shape index (κ1) is 8.96. The lowest BCUT2D eigenvalue weighted by atomic mass is 10.0. The Morgan fingerprint density at radius 2 is 2.55 bits per heavy atom. The van der Waals surface area contributed by atoms with Crippen molar-refractivity contribution in [3.63, 3.8) is 0 Å². The molecule has 11 heavy (non-hydrogen) atoms. The van der Waals surface area contributed by atoms with Crippen LogP contribution in [0.25, 0.3) is 0 Å². The highest BCUT2D eigenvalue weighted by molar-refractivity contribution is 8.01. The Balaban J connectivity index is 2.54. The van der Waals surface area contributed by atoms with E-state index in [0.717, 1.165) is 25.0 Å². The average molecular weight is 188 g/mol. The van der Waals surface area contributed by atoms with E-state index in [9.17, 15) is 0 Å². The number of nitrogens with zero attached hydrogens (tertiary/aromatic N) is 1. The molecule has 1 saturated heterocycles. The third-order valence-corrected chi connectivity index (χ3v) is 3.53. The molecule has 0 N–H and O–H groups in total. The Hall–Kier alpha value is -0.130. The fourth-order valence-corrected chi connectivity index (χ4v) is 2.56. The molecule has 1 unspecified atom stereocenters. The van der Waals surface area contributed by atoms with Crippen molar-refractivity contribution in [2.24, 2.45) is 0 Å². The zero-order valence-corrected chi connectivity index (χ0v) is 7.79.